The van der Waals surface area contributed by atoms with Crippen LogP contribution in [0.3, 0.4) is 0 Å². The summed E-state index contributed by atoms with van der Waals surface area (Å²) in [5.74, 6) is 0.881. The van der Waals surface area contributed by atoms with Gasteiger partial charge in [0.05, 0.1) is 18.7 Å². The Labute approximate surface area is 153 Å². The maximum Gasteiger partial charge on any atom is 0.225 e. The van der Waals surface area contributed by atoms with E-state index < -0.39 is 0 Å². The van der Waals surface area contributed by atoms with Gasteiger partial charge in [0.15, 0.2) is 0 Å². The third kappa shape index (κ3) is 4.42. The van der Waals surface area contributed by atoms with Crippen LogP contribution >= 0.6 is 0 Å². The minimum atomic E-state index is -0.0965. The van der Waals surface area contributed by atoms with Crippen molar-refractivity contribution in [3.05, 3.63) is 47.8 Å². The molecule has 0 radical (unpaired) electrons. The number of methoxy groups -OCH3 is 1. The van der Waals surface area contributed by atoms with Crippen molar-refractivity contribution in [2.45, 2.75) is 12.5 Å². The van der Waals surface area contributed by atoms with E-state index in [2.05, 4.69) is 15.7 Å². The summed E-state index contributed by atoms with van der Waals surface area (Å²) < 4.78 is 12.5. The molecular weight excluding hydrogens is 332 g/mol. The fraction of sp³-hybridized carbons (Fsp3) is 0.474. The van der Waals surface area contributed by atoms with Gasteiger partial charge in [-0.25, -0.2) is 0 Å². The molecule has 1 aliphatic heterocycles. The molecule has 1 saturated heterocycles. The van der Waals surface area contributed by atoms with Crippen molar-refractivity contribution in [2.75, 3.05) is 33.4 Å². The van der Waals surface area contributed by atoms with Crippen molar-refractivity contribution >= 4 is 5.91 Å². The van der Waals surface area contributed by atoms with Crippen LogP contribution in [0.15, 0.2) is 36.7 Å². The molecule has 0 saturated carbocycles. The van der Waals surface area contributed by atoms with E-state index in [0.29, 0.717) is 26.3 Å². The number of carbonyl (C=O) groups is 1. The van der Waals surface area contributed by atoms with Gasteiger partial charge < -0.3 is 20.1 Å². The highest BCUT2D eigenvalue weighted by molar-refractivity contribution is 5.80. The van der Waals surface area contributed by atoms with E-state index in [9.17, 15) is 4.79 Å². The first-order valence-corrected chi connectivity index (χ1v) is 8.85. The van der Waals surface area contributed by atoms with Crippen LogP contribution in [0.25, 0.3) is 0 Å². The van der Waals surface area contributed by atoms with Gasteiger partial charge in [0.1, 0.15) is 12.4 Å². The Morgan fingerprint density at radius 2 is 2.19 bits per heavy atom. The Morgan fingerprint density at radius 1 is 1.35 bits per heavy atom. The lowest BCUT2D eigenvalue weighted by Crippen LogP contribution is -2.34. The molecule has 2 atom stereocenters. The molecule has 1 aromatic heterocycles. The first-order valence-electron chi connectivity index (χ1n) is 8.85. The molecule has 0 spiro atoms. The van der Waals surface area contributed by atoms with Gasteiger partial charge >= 0.3 is 0 Å². The second-order valence-electron chi connectivity index (χ2n) is 6.49. The van der Waals surface area contributed by atoms with E-state index in [1.54, 1.807) is 11.8 Å². The summed E-state index contributed by atoms with van der Waals surface area (Å²) in [6.45, 7) is 2.93. The third-order valence-electron chi connectivity index (χ3n) is 4.67. The summed E-state index contributed by atoms with van der Waals surface area (Å²) in [4.78, 5) is 12.7. The monoisotopic (exact) mass is 358 g/mol. The maximum absolute atomic E-state index is 12.7. The summed E-state index contributed by atoms with van der Waals surface area (Å²) in [5.41, 5.74) is 2.06. The van der Waals surface area contributed by atoms with Crippen LogP contribution in [0, 0.1) is 5.92 Å². The fourth-order valence-corrected chi connectivity index (χ4v) is 3.28. The molecule has 7 heteroatoms. The second-order valence-corrected chi connectivity index (χ2v) is 6.49. The highest BCUT2D eigenvalue weighted by atomic mass is 16.5. The van der Waals surface area contributed by atoms with Gasteiger partial charge in [-0.05, 0) is 11.6 Å². The number of aromatic nitrogens is 2. The average Bonchev–Trinajstić information content (AvgIpc) is 3.29. The lowest BCUT2D eigenvalue weighted by Gasteiger charge is -2.18. The first kappa shape index (κ1) is 18.4. The summed E-state index contributed by atoms with van der Waals surface area (Å²) >= 11 is 0. The van der Waals surface area contributed by atoms with Gasteiger partial charge in [0.2, 0.25) is 5.91 Å². The smallest absolute Gasteiger partial charge is 0.225 e. The molecule has 0 unspecified atom stereocenters. The molecule has 1 amide bonds. The normalized spacial score (nSPS) is 19.5. The van der Waals surface area contributed by atoms with Gasteiger partial charge in [0, 0.05) is 51.5 Å². The molecule has 1 fully saturated rings. The van der Waals surface area contributed by atoms with Gasteiger partial charge in [-0.1, -0.05) is 18.2 Å². The van der Waals surface area contributed by atoms with Crippen molar-refractivity contribution in [1.82, 2.24) is 20.4 Å². The van der Waals surface area contributed by atoms with E-state index in [1.165, 1.54) is 0 Å². The summed E-state index contributed by atoms with van der Waals surface area (Å²) in [6.07, 6.45) is 3.83. The number of benzene rings is 1. The van der Waals surface area contributed by atoms with Crippen molar-refractivity contribution < 1.29 is 14.3 Å². The van der Waals surface area contributed by atoms with Gasteiger partial charge in [-0.3, -0.25) is 9.48 Å². The summed E-state index contributed by atoms with van der Waals surface area (Å²) in [6, 6.07) is 7.74. The molecule has 7 nitrogen and oxygen atoms in total. The topological polar surface area (TPSA) is 77.4 Å². The quantitative estimate of drug-likeness (QED) is 0.690. The van der Waals surface area contributed by atoms with Crippen LogP contribution < -0.4 is 15.4 Å². The Bertz CT molecular complexity index is 731. The zero-order valence-electron chi connectivity index (χ0n) is 15.3. The lowest BCUT2D eigenvalue weighted by molar-refractivity contribution is -0.125. The number of para-hydroxylation sites is 1. The van der Waals surface area contributed by atoms with Gasteiger partial charge in [0.25, 0.3) is 0 Å². The van der Waals surface area contributed by atoms with E-state index in [-0.39, 0.29) is 17.7 Å². The number of amides is 1. The van der Waals surface area contributed by atoms with Crippen LogP contribution in [0.4, 0.5) is 0 Å². The number of ether oxygens (including phenoxy) is 2. The Kier molecular flexibility index (Phi) is 6.25. The molecule has 2 N–H and O–H groups in total. The lowest BCUT2D eigenvalue weighted by atomic mass is 9.90. The molecule has 26 heavy (non-hydrogen) atoms. The minimum absolute atomic E-state index is 0.0514. The Morgan fingerprint density at radius 3 is 2.96 bits per heavy atom. The Hall–Kier alpha value is -2.38. The number of nitrogens with one attached hydrogen (secondary N) is 2. The number of aryl methyl sites for hydroxylation is 1. The predicted molar refractivity (Wildman–Crippen MR) is 98.0 cm³/mol. The molecule has 2 aromatic rings. The molecule has 140 valence electrons. The van der Waals surface area contributed by atoms with E-state index in [1.807, 2.05) is 43.7 Å². The van der Waals surface area contributed by atoms with Crippen molar-refractivity contribution in [3.63, 3.8) is 0 Å². The number of rotatable bonds is 8. The zero-order valence-corrected chi connectivity index (χ0v) is 15.3. The number of carbonyl (C=O) groups excluding carboxylic acids is 1. The molecular formula is C19H26N4O3. The summed E-state index contributed by atoms with van der Waals surface area (Å²) in [5, 5.41) is 10.6. The molecule has 1 aromatic carbocycles. The van der Waals surface area contributed by atoms with Gasteiger partial charge in [-0.2, -0.15) is 5.10 Å². The zero-order chi connectivity index (χ0) is 18.4. The molecule has 1 aliphatic rings. The number of nitrogens with zero attached hydrogens (tertiary/aromatic N) is 2. The minimum Gasteiger partial charge on any atom is -0.491 e. The molecule has 0 bridgehead atoms. The molecule has 0 aliphatic carbocycles. The Balaban J connectivity index is 1.60. The van der Waals surface area contributed by atoms with E-state index in [4.69, 9.17) is 9.47 Å². The SMILES string of the molecule is COCCOc1ccccc1CNC(=O)[C@H]1CNC[C@@H]1c1cnn(C)c1. The first-order chi connectivity index (χ1) is 12.7. The van der Waals surface area contributed by atoms with Crippen molar-refractivity contribution in [1.29, 1.82) is 0 Å². The van der Waals surface area contributed by atoms with Crippen LogP contribution in [-0.4, -0.2) is 49.1 Å². The van der Waals surface area contributed by atoms with Crippen molar-refractivity contribution in [2.24, 2.45) is 13.0 Å². The fourth-order valence-electron chi connectivity index (χ4n) is 3.28. The molecule has 3 rings (SSSR count). The number of hydrogen-bond acceptors (Lipinski definition) is 5. The van der Waals surface area contributed by atoms with Gasteiger partial charge in [-0.15, -0.1) is 0 Å². The van der Waals surface area contributed by atoms with Crippen molar-refractivity contribution in [3.8, 4) is 5.75 Å². The standard InChI is InChI=1S/C19H26N4O3/c1-23-13-15(10-22-23)16-11-20-12-17(16)19(24)21-9-14-5-3-4-6-18(14)26-8-7-25-2/h3-6,10,13,16-17,20H,7-9,11-12H2,1-2H3,(H,21,24)/t16-,17+/m1/s1. The van der Waals surface area contributed by atoms with Crippen LogP contribution in [-0.2, 0) is 23.1 Å². The average molecular weight is 358 g/mol. The maximum atomic E-state index is 12.7. The second kappa shape index (κ2) is 8.82. The van der Waals surface area contributed by atoms with Crippen LogP contribution in [0.2, 0.25) is 0 Å². The highest BCUT2D eigenvalue weighted by Gasteiger charge is 2.34. The summed E-state index contributed by atoms with van der Waals surface area (Å²) in [7, 11) is 3.53. The van der Waals surface area contributed by atoms with E-state index >= 15 is 0 Å². The third-order valence-corrected chi connectivity index (χ3v) is 4.67. The number of hydrogen-bond donors (Lipinski definition) is 2. The molecule has 2 heterocycles. The van der Waals surface area contributed by atoms with Crippen LogP contribution in [0.1, 0.15) is 17.0 Å². The largest absolute Gasteiger partial charge is 0.491 e. The van der Waals surface area contributed by atoms with Crippen LogP contribution in [0.5, 0.6) is 5.75 Å². The van der Waals surface area contributed by atoms with E-state index in [0.717, 1.165) is 23.4 Å². The predicted octanol–water partition coefficient (Wildman–Crippen LogP) is 1.06. The highest BCUT2D eigenvalue weighted by Crippen LogP contribution is 2.28.